The van der Waals surface area contributed by atoms with Crippen LogP contribution in [0.2, 0.25) is 0 Å². The highest BCUT2D eigenvalue weighted by Crippen LogP contribution is 2.22. The van der Waals surface area contributed by atoms with Crippen molar-refractivity contribution in [2.75, 3.05) is 46.4 Å². The highest BCUT2D eigenvalue weighted by molar-refractivity contribution is 5.76. The van der Waals surface area contributed by atoms with Crippen LogP contribution >= 0.6 is 0 Å². The van der Waals surface area contributed by atoms with Crippen LogP contribution in [0, 0.1) is 11.8 Å². The number of hydrogen-bond donors (Lipinski definition) is 0. The molecule has 0 fully saturated rings. The predicted octanol–water partition coefficient (Wildman–Crippen LogP) is 17.4. The molecule has 2 unspecified atom stereocenters. The second-order valence-electron chi connectivity index (χ2n) is 22.8. The Balaban J connectivity index is 4.28. The van der Waals surface area contributed by atoms with Crippen molar-refractivity contribution in [2.24, 2.45) is 11.8 Å². The van der Waals surface area contributed by atoms with Gasteiger partial charge in [0.05, 0.1) is 13.2 Å². The van der Waals surface area contributed by atoms with Crippen LogP contribution in [0.1, 0.15) is 312 Å². The average Bonchev–Trinajstić information content (AvgIpc) is 3.35. The highest BCUT2D eigenvalue weighted by atomic mass is 16.5. The molecule has 0 N–H and O–H groups in total. The lowest BCUT2D eigenvalue weighted by Gasteiger charge is -2.27. The maximum Gasteiger partial charge on any atom is 0.305 e. The molecule has 426 valence electrons. The highest BCUT2D eigenvalue weighted by Gasteiger charge is 2.19. The quantitative estimate of drug-likeness (QED) is 0.0442. The molecule has 0 aromatic rings. The van der Waals surface area contributed by atoms with Crippen molar-refractivity contribution >= 4 is 23.8 Å². The Bertz CT molecular complexity index is 1150. The summed E-state index contributed by atoms with van der Waals surface area (Å²) >= 11 is 0. The van der Waals surface area contributed by atoms with Gasteiger partial charge in [0.15, 0.2) is 0 Å². The molecule has 0 saturated heterocycles. The topological polar surface area (TPSA) is 96.5 Å². The van der Waals surface area contributed by atoms with E-state index < -0.39 is 0 Å². The SMILES string of the molecule is CCCCCCCCC(CCCCCC)COC(=O)CCCCCN(C(=O)CCCCCN(C)CCCCCC(=O)N(CCCCCC(=O)OCC(CCCCCC)CCCCCCCC)C(C)C)C(C)C. The van der Waals surface area contributed by atoms with Gasteiger partial charge in [-0.15, -0.1) is 0 Å². The molecule has 0 aromatic heterocycles. The Kier molecular flexibility index (Phi) is 49.4. The molecule has 0 bridgehead atoms. The van der Waals surface area contributed by atoms with Gasteiger partial charge >= 0.3 is 11.9 Å². The molecule has 0 aliphatic heterocycles. The molecule has 0 aliphatic carbocycles. The molecule has 72 heavy (non-hydrogen) atoms. The maximum atomic E-state index is 13.2. The van der Waals surface area contributed by atoms with Crippen molar-refractivity contribution < 1.29 is 28.7 Å². The number of unbranched alkanes of at least 4 members (excludes halogenated alkanes) is 24. The molecule has 0 aromatic carbocycles. The summed E-state index contributed by atoms with van der Waals surface area (Å²) in [7, 11) is 2.18. The normalized spacial score (nSPS) is 12.5. The standard InChI is InChI=1S/C63H123N3O6/c1-10-14-18-22-24-32-44-58(42-30-20-16-12-3)54-71-62(69)48-36-28-40-52-65(56(5)6)60(67)46-34-26-38-50-64(9)51-39-27-35-47-61(68)66(57(7)8)53-41-29-37-49-63(70)72-55-59(43-31-21-17-13-4)45-33-25-23-19-15-11-2/h56-59H,10-55H2,1-9H3. The van der Waals surface area contributed by atoms with Crippen molar-refractivity contribution in [3.63, 3.8) is 0 Å². The summed E-state index contributed by atoms with van der Waals surface area (Å²) < 4.78 is 11.6. The van der Waals surface area contributed by atoms with Gasteiger partial charge in [0.2, 0.25) is 11.8 Å². The second kappa shape index (κ2) is 51.0. The minimum atomic E-state index is -0.0555. The molecule has 0 radical (unpaired) electrons. The number of ether oxygens (including phenoxy) is 2. The molecule has 0 aliphatic rings. The number of amides is 2. The van der Waals surface area contributed by atoms with Crippen LogP contribution in [0.4, 0.5) is 0 Å². The number of hydrogen-bond acceptors (Lipinski definition) is 7. The van der Waals surface area contributed by atoms with Gasteiger partial charge in [0, 0.05) is 50.9 Å². The van der Waals surface area contributed by atoms with E-state index in [9.17, 15) is 19.2 Å². The maximum absolute atomic E-state index is 13.2. The summed E-state index contributed by atoms with van der Waals surface area (Å²) in [5.74, 6) is 1.39. The first-order chi connectivity index (χ1) is 34.9. The van der Waals surface area contributed by atoms with Crippen molar-refractivity contribution in [3.8, 4) is 0 Å². The third kappa shape index (κ3) is 43.1. The third-order valence-corrected chi connectivity index (χ3v) is 15.1. The van der Waals surface area contributed by atoms with E-state index in [0.717, 1.165) is 103 Å². The lowest BCUT2D eigenvalue weighted by Crippen LogP contribution is -2.37. The van der Waals surface area contributed by atoms with Crippen LogP contribution in [-0.2, 0) is 28.7 Å². The number of nitrogens with zero attached hydrogens (tertiary/aromatic N) is 3. The number of carbonyl (C=O) groups excluding carboxylic acids is 4. The first kappa shape index (κ1) is 69.8. The van der Waals surface area contributed by atoms with Gasteiger partial charge in [0.1, 0.15) is 0 Å². The zero-order valence-corrected chi connectivity index (χ0v) is 49.6. The fourth-order valence-electron chi connectivity index (χ4n) is 10.2. The minimum absolute atomic E-state index is 0.0555. The van der Waals surface area contributed by atoms with E-state index in [1.807, 2.05) is 9.80 Å². The Labute approximate surface area is 448 Å². The molecule has 2 atom stereocenters. The molecule has 0 spiro atoms. The molecular weight excluding hydrogens is 895 g/mol. The first-order valence-electron chi connectivity index (χ1n) is 31.5. The summed E-state index contributed by atoms with van der Waals surface area (Å²) in [4.78, 5) is 58.2. The van der Waals surface area contributed by atoms with E-state index in [2.05, 4.69) is 67.3 Å². The predicted molar refractivity (Wildman–Crippen MR) is 307 cm³/mol. The van der Waals surface area contributed by atoms with Crippen LogP contribution in [0.25, 0.3) is 0 Å². The van der Waals surface area contributed by atoms with E-state index >= 15 is 0 Å². The summed E-state index contributed by atoms with van der Waals surface area (Å²) in [6.45, 7) is 22.2. The molecule has 0 rings (SSSR count). The van der Waals surface area contributed by atoms with Gasteiger partial charge in [-0.3, -0.25) is 19.2 Å². The molecule has 9 heteroatoms. The van der Waals surface area contributed by atoms with Crippen LogP contribution in [0.3, 0.4) is 0 Å². The number of rotatable bonds is 54. The van der Waals surface area contributed by atoms with E-state index in [1.54, 1.807) is 0 Å². The lowest BCUT2D eigenvalue weighted by atomic mass is 9.95. The fraction of sp³-hybridized carbons (Fsp3) is 0.937. The van der Waals surface area contributed by atoms with Crippen LogP contribution in [-0.4, -0.2) is 97.0 Å². The Morgan fingerprint density at radius 3 is 0.917 bits per heavy atom. The van der Waals surface area contributed by atoms with Crippen LogP contribution in [0.15, 0.2) is 0 Å². The van der Waals surface area contributed by atoms with Crippen LogP contribution in [0.5, 0.6) is 0 Å². The smallest absolute Gasteiger partial charge is 0.305 e. The summed E-state index contributed by atoms with van der Waals surface area (Å²) in [5.41, 5.74) is 0. The monoisotopic (exact) mass is 1020 g/mol. The average molecular weight is 1020 g/mol. The summed E-state index contributed by atoms with van der Waals surface area (Å²) in [6.07, 6.45) is 44.1. The van der Waals surface area contributed by atoms with E-state index in [0.29, 0.717) is 50.7 Å². The Hall–Kier alpha value is -2.16. The van der Waals surface area contributed by atoms with E-state index in [4.69, 9.17) is 9.47 Å². The molecule has 9 nitrogen and oxygen atoms in total. The van der Waals surface area contributed by atoms with Gasteiger partial charge < -0.3 is 24.2 Å². The van der Waals surface area contributed by atoms with Gasteiger partial charge in [0.25, 0.3) is 0 Å². The fourth-order valence-corrected chi connectivity index (χ4v) is 10.2. The van der Waals surface area contributed by atoms with Crippen molar-refractivity contribution in [1.82, 2.24) is 14.7 Å². The zero-order chi connectivity index (χ0) is 53.3. The Morgan fingerprint density at radius 1 is 0.333 bits per heavy atom. The van der Waals surface area contributed by atoms with Gasteiger partial charge in [-0.2, -0.15) is 0 Å². The largest absolute Gasteiger partial charge is 0.465 e. The molecule has 0 heterocycles. The minimum Gasteiger partial charge on any atom is -0.465 e. The van der Waals surface area contributed by atoms with E-state index in [1.165, 1.54) is 154 Å². The van der Waals surface area contributed by atoms with E-state index in [-0.39, 0.29) is 35.8 Å². The van der Waals surface area contributed by atoms with Crippen molar-refractivity contribution in [2.45, 2.75) is 324 Å². The zero-order valence-electron chi connectivity index (χ0n) is 49.6. The van der Waals surface area contributed by atoms with Crippen molar-refractivity contribution in [1.29, 1.82) is 0 Å². The van der Waals surface area contributed by atoms with Gasteiger partial charge in [-0.25, -0.2) is 0 Å². The lowest BCUT2D eigenvalue weighted by molar-refractivity contribution is -0.146. The molecule has 0 saturated carbocycles. The Morgan fingerprint density at radius 2 is 0.597 bits per heavy atom. The third-order valence-electron chi connectivity index (χ3n) is 15.1. The summed E-state index contributed by atoms with van der Waals surface area (Å²) in [6, 6.07) is 0.360. The van der Waals surface area contributed by atoms with Gasteiger partial charge in [-0.1, -0.05) is 182 Å². The van der Waals surface area contributed by atoms with Gasteiger partial charge in [-0.05, 0) is 137 Å². The summed E-state index contributed by atoms with van der Waals surface area (Å²) in [5, 5.41) is 0. The van der Waals surface area contributed by atoms with Crippen molar-refractivity contribution in [3.05, 3.63) is 0 Å². The molecule has 2 amide bonds. The first-order valence-corrected chi connectivity index (χ1v) is 31.5. The molecular formula is C63H123N3O6. The van der Waals surface area contributed by atoms with Crippen LogP contribution < -0.4 is 0 Å². The number of carbonyl (C=O) groups is 4. The number of esters is 2. The second-order valence-corrected chi connectivity index (χ2v) is 22.8.